The first kappa shape index (κ1) is 18.8. The molecule has 1 aromatic heterocycles. The number of thiazole rings is 1. The maximum Gasteiger partial charge on any atom is 0.263 e. The number of amides is 1. The number of quaternary nitrogens is 1. The van der Waals surface area contributed by atoms with Gasteiger partial charge in [0.15, 0.2) is 0 Å². The van der Waals surface area contributed by atoms with Crippen LogP contribution >= 0.6 is 11.3 Å². The molecule has 0 spiro atoms. The molecule has 4 nitrogen and oxygen atoms in total. The molecule has 1 aliphatic heterocycles. The van der Waals surface area contributed by atoms with Crippen LogP contribution in [0.15, 0.2) is 54.6 Å². The topological polar surface area (TPSA) is 46.4 Å². The van der Waals surface area contributed by atoms with Crippen molar-refractivity contribution in [2.24, 2.45) is 0 Å². The van der Waals surface area contributed by atoms with Gasteiger partial charge in [0.2, 0.25) is 0 Å². The number of nitrogens with one attached hydrogen (secondary N) is 2. The monoisotopic (exact) mass is 392 g/mol. The number of likely N-dealkylation sites (tertiary alicyclic amines) is 1. The molecule has 0 saturated carbocycles. The third-order valence-electron chi connectivity index (χ3n) is 5.23. The third kappa shape index (κ3) is 4.49. The van der Waals surface area contributed by atoms with Crippen LogP contribution in [0.2, 0.25) is 0 Å². The van der Waals surface area contributed by atoms with E-state index in [0.29, 0.717) is 11.4 Å². The summed E-state index contributed by atoms with van der Waals surface area (Å²) in [7, 11) is 0. The van der Waals surface area contributed by atoms with Crippen molar-refractivity contribution < 1.29 is 9.69 Å². The van der Waals surface area contributed by atoms with Gasteiger partial charge < -0.3 is 10.2 Å². The number of hydrogen-bond acceptors (Lipinski definition) is 3. The highest BCUT2D eigenvalue weighted by atomic mass is 32.1. The molecule has 1 amide bonds. The van der Waals surface area contributed by atoms with Gasteiger partial charge in [-0.1, -0.05) is 54.6 Å². The van der Waals surface area contributed by atoms with Crippen LogP contribution in [0, 0.1) is 6.92 Å². The maximum absolute atomic E-state index is 12.8. The molecular weight excluding hydrogens is 366 g/mol. The van der Waals surface area contributed by atoms with Crippen molar-refractivity contribution in [3.05, 3.63) is 75.6 Å². The lowest BCUT2D eigenvalue weighted by Crippen LogP contribution is -3.08. The molecule has 144 valence electrons. The van der Waals surface area contributed by atoms with Gasteiger partial charge in [-0.25, -0.2) is 4.98 Å². The van der Waals surface area contributed by atoms with E-state index in [1.54, 1.807) is 4.90 Å². The van der Waals surface area contributed by atoms with Gasteiger partial charge in [-0.2, -0.15) is 0 Å². The standard InChI is InChI=1S/C23H25N3OS/c1-17-25-21(20-7-3-2-4-8-20)22(28-17)23(27)24-15-18-9-11-19(12-10-18)16-26-13-5-6-14-26/h2-4,7-12H,5-6,13-16H2,1H3,(H,24,27)/p+1. The van der Waals surface area contributed by atoms with E-state index in [9.17, 15) is 4.79 Å². The number of hydrogen-bond donors (Lipinski definition) is 2. The van der Waals surface area contributed by atoms with Crippen LogP contribution in [0.3, 0.4) is 0 Å². The summed E-state index contributed by atoms with van der Waals surface area (Å²) in [4.78, 5) is 19.7. The highest BCUT2D eigenvalue weighted by Gasteiger charge is 2.18. The first-order chi connectivity index (χ1) is 13.7. The summed E-state index contributed by atoms with van der Waals surface area (Å²) >= 11 is 1.45. The van der Waals surface area contributed by atoms with Crippen LogP contribution in [0.25, 0.3) is 11.3 Å². The Labute approximate surface area is 170 Å². The fourth-order valence-corrected chi connectivity index (χ4v) is 4.61. The zero-order chi connectivity index (χ0) is 19.3. The summed E-state index contributed by atoms with van der Waals surface area (Å²) in [6.45, 7) is 6.15. The summed E-state index contributed by atoms with van der Waals surface area (Å²) < 4.78 is 0. The largest absolute Gasteiger partial charge is 0.347 e. The first-order valence-corrected chi connectivity index (χ1v) is 10.7. The lowest BCUT2D eigenvalue weighted by molar-refractivity contribution is -0.901. The Kier molecular flexibility index (Phi) is 5.84. The van der Waals surface area contributed by atoms with Gasteiger partial charge in [0.1, 0.15) is 11.4 Å². The predicted octanol–water partition coefficient (Wildman–Crippen LogP) is 3.23. The van der Waals surface area contributed by atoms with Crippen LogP contribution in [0.1, 0.15) is 38.6 Å². The maximum atomic E-state index is 12.8. The van der Waals surface area contributed by atoms with Crippen molar-refractivity contribution in [3.8, 4) is 11.3 Å². The van der Waals surface area contributed by atoms with E-state index in [1.807, 2.05) is 37.3 Å². The fraction of sp³-hybridized carbons (Fsp3) is 0.304. The molecule has 3 aromatic rings. The minimum atomic E-state index is -0.0601. The molecule has 1 aliphatic rings. The first-order valence-electron chi connectivity index (χ1n) is 9.91. The predicted molar refractivity (Wildman–Crippen MR) is 114 cm³/mol. The van der Waals surface area contributed by atoms with Gasteiger partial charge >= 0.3 is 0 Å². The van der Waals surface area contributed by atoms with Crippen molar-refractivity contribution in [3.63, 3.8) is 0 Å². The highest BCUT2D eigenvalue weighted by Crippen LogP contribution is 2.27. The smallest absolute Gasteiger partial charge is 0.263 e. The Morgan fingerprint density at radius 2 is 1.71 bits per heavy atom. The Morgan fingerprint density at radius 3 is 2.43 bits per heavy atom. The van der Waals surface area contributed by atoms with E-state index in [0.717, 1.165) is 28.4 Å². The Balaban J connectivity index is 1.39. The van der Waals surface area contributed by atoms with Gasteiger partial charge in [-0.3, -0.25) is 4.79 Å². The average Bonchev–Trinajstić information content (AvgIpc) is 3.37. The van der Waals surface area contributed by atoms with Gasteiger partial charge in [-0.05, 0) is 12.5 Å². The molecule has 28 heavy (non-hydrogen) atoms. The number of carbonyl (C=O) groups excluding carboxylic acids is 1. The quantitative estimate of drug-likeness (QED) is 0.677. The molecule has 1 saturated heterocycles. The van der Waals surface area contributed by atoms with Crippen molar-refractivity contribution in [2.45, 2.75) is 32.9 Å². The second-order valence-electron chi connectivity index (χ2n) is 7.41. The Morgan fingerprint density at radius 1 is 1.04 bits per heavy atom. The second kappa shape index (κ2) is 8.67. The zero-order valence-corrected chi connectivity index (χ0v) is 17.0. The SMILES string of the molecule is Cc1nc(-c2ccccc2)c(C(=O)NCc2ccc(C[NH+]3CCCC3)cc2)s1. The summed E-state index contributed by atoms with van der Waals surface area (Å²) in [6, 6.07) is 18.5. The molecule has 5 heteroatoms. The number of carbonyl (C=O) groups is 1. The summed E-state index contributed by atoms with van der Waals surface area (Å²) in [5.41, 5.74) is 4.24. The normalized spacial score (nSPS) is 14.3. The lowest BCUT2D eigenvalue weighted by Gasteiger charge is -2.12. The molecule has 0 aliphatic carbocycles. The Bertz CT molecular complexity index is 928. The minimum absolute atomic E-state index is 0.0601. The second-order valence-corrected chi connectivity index (χ2v) is 8.61. The van der Waals surface area contributed by atoms with Crippen molar-refractivity contribution >= 4 is 17.2 Å². The molecular formula is C23H26N3OS+. The molecule has 2 N–H and O–H groups in total. The molecule has 0 unspecified atom stereocenters. The molecule has 2 heterocycles. The van der Waals surface area contributed by atoms with Gasteiger partial charge in [0, 0.05) is 30.5 Å². The van der Waals surface area contributed by atoms with E-state index < -0.39 is 0 Å². The van der Waals surface area contributed by atoms with E-state index >= 15 is 0 Å². The lowest BCUT2D eigenvalue weighted by atomic mass is 10.1. The highest BCUT2D eigenvalue weighted by molar-refractivity contribution is 7.14. The van der Waals surface area contributed by atoms with Crippen LogP contribution in [-0.4, -0.2) is 24.0 Å². The van der Waals surface area contributed by atoms with Crippen molar-refractivity contribution in [1.82, 2.24) is 10.3 Å². The van der Waals surface area contributed by atoms with Crippen LogP contribution in [0.4, 0.5) is 0 Å². The van der Waals surface area contributed by atoms with Crippen LogP contribution in [0.5, 0.6) is 0 Å². The summed E-state index contributed by atoms with van der Waals surface area (Å²) in [5, 5.41) is 3.96. The summed E-state index contributed by atoms with van der Waals surface area (Å²) in [5.74, 6) is -0.0601. The average molecular weight is 393 g/mol. The zero-order valence-electron chi connectivity index (χ0n) is 16.2. The van der Waals surface area contributed by atoms with Crippen LogP contribution < -0.4 is 10.2 Å². The third-order valence-corrected chi connectivity index (χ3v) is 6.20. The number of rotatable bonds is 6. The van der Waals surface area contributed by atoms with Crippen molar-refractivity contribution in [1.29, 1.82) is 0 Å². The van der Waals surface area contributed by atoms with Crippen LogP contribution in [-0.2, 0) is 13.1 Å². The molecule has 0 bridgehead atoms. The van der Waals surface area contributed by atoms with Gasteiger partial charge in [0.25, 0.3) is 5.91 Å². The number of nitrogens with zero attached hydrogens (tertiary/aromatic N) is 1. The van der Waals surface area contributed by atoms with Gasteiger partial charge in [0.05, 0.1) is 23.8 Å². The van der Waals surface area contributed by atoms with E-state index in [-0.39, 0.29) is 5.91 Å². The Hall–Kier alpha value is -2.50. The molecule has 2 aromatic carbocycles. The number of benzene rings is 2. The molecule has 0 atom stereocenters. The minimum Gasteiger partial charge on any atom is -0.347 e. The molecule has 0 radical (unpaired) electrons. The van der Waals surface area contributed by atoms with Gasteiger partial charge in [-0.15, -0.1) is 11.3 Å². The molecule has 1 fully saturated rings. The van der Waals surface area contributed by atoms with E-state index in [1.165, 1.54) is 42.8 Å². The fourth-order valence-electron chi connectivity index (χ4n) is 3.75. The molecule has 4 rings (SSSR count). The van der Waals surface area contributed by atoms with Crippen molar-refractivity contribution in [2.75, 3.05) is 13.1 Å². The van der Waals surface area contributed by atoms with E-state index in [4.69, 9.17) is 0 Å². The number of aromatic nitrogens is 1. The number of aryl methyl sites for hydroxylation is 1. The van der Waals surface area contributed by atoms with E-state index in [2.05, 4.69) is 34.6 Å². The summed E-state index contributed by atoms with van der Waals surface area (Å²) in [6.07, 6.45) is 2.70.